The van der Waals surface area contributed by atoms with Gasteiger partial charge in [-0.15, -0.1) is 6.58 Å². The third kappa shape index (κ3) is 10.5. The van der Waals surface area contributed by atoms with Gasteiger partial charge in [0.25, 0.3) is 15.9 Å². The van der Waals surface area contributed by atoms with Crippen LogP contribution in [0.2, 0.25) is 0 Å². The minimum atomic E-state index is -4.68. The number of aromatic nitrogens is 2. The number of sulfonamides is 1. The van der Waals surface area contributed by atoms with Crippen molar-refractivity contribution in [2.24, 2.45) is 5.92 Å². The van der Waals surface area contributed by atoms with Crippen LogP contribution >= 0.6 is 0 Å². The number of nitrogens with one attached hydrogen (secondary N) is 4. The van der Waals surface area contributed by atoms with E-state index >= 15 is 0 Å². The topological polar surface area (TPSA) is 225 Å². The second kappa shape index (κ2) is 19.5. The van der Waals surface area contributed by atoms with Crippen molar-refractivity contribution in [3.05, 3.63) is 54.1 Å². The van der Waals surface area contributed by atoms with Crippen LogP contribution < -0.4 is 25.6 Å². The zero-order valence-electron chi connectivity index (χ0n) is 36.8. The summed E-state index contributed by atoms with van der Waals surface area (Å²) in [4.78, 5) is 86.4. The molecule has 0 unspecified atom stereocenters. The van der Waals surface area contributed by atoms with Gasteiger partial charge in [0.1, 0.15) is 40.5 Å². The zero-order valence-corrected chi connectivity index (χ0v) is 37.6. The Hall–Kier alpha value is -5.57. The number of hydrogen-bond acceptors (Lipinski definition) is 14. The van der Waals surface area contributed by atoms with Gasteiger partial charge in [-0.25, -0.2) is 37.1 Å². The lowest BCUT2D eigenvalue weighted by atomic mass is 10.0. The van der Waals surface area contributed by atoms with Crippen molar-refractivity contribution in [1.82, 2.24) is 40.0 Å². The Balaban J connectivity index is 1.04. The molecule has 21 heteroatoms. The number of rotatable bonds is 5. The summed E-state index contributed by atoms with van der Waals surface area (Å²) in [5, 5.41) is 8.55. The second-order valence-electron chi connectivity index (χ2n) is 18.1. The summed E-state index contributed by atoms with van der Waals surface area (Å²) in [6.45, 7) is 7.60. The maximum absolute atomic E-state index is 14.7. The molecule has 1 aromatic heterocycles. The highest BCUT2D eigenvalue weighted by molar-refractivity contribution is 7.90. The van der Waals surface area contributed by atoms with Crippen LogP contribution in [0.25, 0.3) is 0 Å². The smallest absolute Gasteiger partial charge is 0.410 e. The Morgan fingerprint density at radius 2 is 1.71 bits per heavy atom. The number of amides is 5. The molecule has 2 aromatic rings. The van der Waals surface area contributed by atoms with Crippen LogP contribution in [-0.4, -0.2) is 139 Å². The first-order chi connectivity index (χ1) is 31.2. The minimum Gasteiger partial charge on any atom is -0.446 e. The molecule has 1 spiro atoms. The maximum atomic E-state index is 14.7. The highest BCUT2D eigenvalue weighted by atomic mass is 32.2. The summed E-state index contributed by atoms with van der Waals surface area (Å²) in [7, 11) is -2.61. The number of alkyl carbamates (subject to hydrolysis) is 1. The Bertz CT molecular complexity index is 2270. The molecule has 0 radical (unpaired) electrons. The number of likely N-dealkylation sites (N-methyl/N-ethyl adjacent to an activating group) is 1. The summed E-state index contributed by atoms with van der Waals surface area (Å²) in [6, 6.07) is 0.839. The van der Waals surface area contributed by atoms with Gasteiger partial charge in [-0.1, -0.05) is 31.8 Å². The van der Waals surface area contributed by atoms with Crippen LogP contribution in [0.3, 0.4) is 0 Å². The van der Waals surface area contributed by atoms with Gasteiger partial charge in [0.2, 0.25) is 17.8 Å². The van der Waals surface area contributed by atoms with Crippen LogP contribution in [0.15, 0.2) is 41.9 Å². The lowest BCUT2D eigenvalue weighted by Gasteiger charge is -2.32. The molecule has 2 saturated heterocycles. The summed E-state index contributed by atoms with van der Waals surface area (Å²) < 4.78 is 55.8. The van der Waals surface area contributed by atoms with E-state index in [9.17, 15) is 36.8 Å². The van der Waals surface area contributed by atoms with Gasteiger partial charge in [-0.2, -0.15) is 0 Å². The van der Waals surface area contributed by atoms with Crippen LogP contribution in [0.5, 0.6) is 0 Å². The number of hydrogen-bond donors (Lipinski definition) is 4. The molecule has 65 heavy (non-hydrogen) atoms. The monoisotopic (exact) mass is 922 g/mol. The van der Waals surface area contributed by atoms with Gasteiger partial charge in [0.15, 0.2) is 0 Å². The van der Waals surface area contributed by atoms with Crippen LogP contribution in [0.1, 0.15) is 88.3 Å². The molecular formula is C44H59FN10O9S. The lowest BCUT2D eigenvalue weighted by molar-refractivity contribution is -0.141. The Labute approximate surface area is 378 Å². The Kier molecular flexibility index (Phi) is 13.8. The first-order valence-electron chi connectivity index (χ1n) is 22.8. The summed E-state index contributed by atoms with van der Waals surface area (Å²) in [6.07, 6.45) is 7.18. The Morgan fingerprint density at radius 3 is 2.46 bits per heavy atom. The van der Waals surface area contributed by atoms with Crippen LogP contribution in [-0.2, 0) is 47.0 Å². The van der Waals surface area contributed by atoms with Crippen molar-refractivity contribution in [3.63, 3.8) is 0 Å². The van der Waals surface area contributed by atoms with E-state index in [1.807, 2.05) is 0 Å². The van der Waals surface area contributed by atoms with Gasteiger partial charge in [0.05, 0.1) is 31.0 Å². The molecule has 5 heterocycles. The first kappa shape index (κ1) is 46.0. The number of carbonyl (C=O) groups excluding carboxylic acids is 5. The van der Waals surface area contributed by atoms with Gasteiger partial charge < -0.3 is 40.1 Å². The number of benzene rings is 1. The van der Waals surface area contributed by atoms with E-state index in [1.165, 1.54) is 21.9 Å². The van der Waals surface area contributed by atoms with E-state index in [-0.39, 0.29) is 50.7 Å². The van der Waals surface area contributed by atoms with E-state index in [0.717, 1.165) is 82.4 Å². The summed E-state index contributed by atoms with van der Waals surface area (Å²) in [5.74, 6) is -3.39. The number of piperazine rings is 1. The molecule has 1 aromatic carbocycles. The summed E-state index contributed by atoms with van der Waals surface area (Å²) in [5.41, 5.74) is -0.207. The number of nitrogens with zero attached hydrogens (tertiary/aromatic N) is 6. The minimum absolute atomic E-state index is 0.0109. The standard InChI is InChI=1S/C44H59FN10O9S/c1-3-29-23-44(29)40(58)51-65(61,62)37-21-30(45)14-15-33(37)46-16-10-6-4-5-7-13-34(49-42(59)63-31-11-8-9-12-31)39(57)55-26-32(22-36(55)38(56)50-44)64-43(60)54-25-28-24-47-41(48-35(28)27-54)53-19-17-52(2)18-20-53/h3,14-15,21,24,29,31-32,34,36,46H,1,4-13,16-20,22-23,25-27H2,2H3,(H,49,59)(H,50,56)(H,51,58)/t29-,32-,34+,36+,44-/m1/s1. The van der Waals surface area contributed by atoms with Crippen molar-refractivity contribution in [1.29, 1.82) is 0 Å². The number of anilines is 2. The van der Waals surface area contributed by atoms with E-state index in [4.69, 9.17) is 14.5 Å². The molecule has 5 amide bonds. The van der Waals surface area contributed by atoms with Gasteiger partial charge >= 0.3 is 12.2 Å². The molecule has 0 bridgehead atoms. The number of fused-ring (bicyclic) bond motifs is 3. The largest absolute Gasteiger partial charge is 0.446 e. The lowest BCUT2D eigenvalue weighted by Crippen LogP contribution is -2.58. The third-order valence-electron chi connectivity index (χ3n) is 13.5. The molecule has 4 aliphatic heterocycles. The van der Waals surface area contributed by atoms with Crippen molar-refractivity contribution >= 4 is 51.6 Å². The fourth-order valence-electron chi connectivity index (χ4n) is 9.51. The van der Waals surface area contributed by atoms with E-state index in [1.54, 1.807) is 6.20 Å². The number of halogens is 1. The average molecular weight is 923 g/mol. The third-order valence-corrected chi connectivity index (χ3v) is 14.8. The van der Waals surface area contributed by atoms with Gasteiger partial charge in [-0.05, 0) is 70.2 Å². The average Bonchev–Trinajstić information content (AvgIpc) is 3.66. The second-order valence-corrected chi connectivity index (χ2v) is 19.8. The molecule has 4 N–H and O–H groups in total. The Morgan fingerprint density at radius 1 is 0.969 bits per heavy atom. The normalized spacial score (nSPS) is 28.0. The van der Waals surface area contributed by atoms with Gasteiger partial charge in [-0.3, -0.25) is 19.3 Å². The van der Waals surface area contributed by atoms with Crippen molar-refractivity contribution in [2.45, 2.75) is 125 Å². The van der Waals surface area contributed by atoms with Crippen LogP contribution in [0.4, 0.5) is 25.6 Å². The number of carbonyl (C=O) groups is 5. The van der Waals surface area contributed by atoms with Crippen molar-refractivity contribution < 1.29 is 46.3 Å². The molecule has 5 atom stereocenters. The molecule has 2 aliphatic carbocycles. The molecule has 4 fully saturated rings. The van der Waals surface area contributed by atoms with E-state index in [0.29, 0.717) is 37.4 Å². The summed E-state index contributed by atoms with van der Waals surface area (Å²) >= 11 is 0. The fourth-order valence-corrected chi connectivity index (χ4v) is 10.7. The predicted octanol–water partition coefficient (Wildman–Crippen LogP) is 3.16. The predicted molar refractivity (Wildman–Crippen MR) is 234 cm³/mol. The molecule has 2 saturated carbocycles. The quantitative estimate of drug-likeness (QED) is 0.317. The zero-order chi connectivity index (χ0) is 45.9. The van der Waals surface area contributed by atoms with E-state index < -0.39 is 80.3 Å². The highest BCUT2D eigenvalue weighted by Crippen LogP contribution is 2.45. The number of ether oxygens (including phenoxy) is 2. The maximum Gasteiger partial charge on any atom is 0.410 e. The molecule has 19 nitrogen and oxygen atoms in total. The SMILES string of the molecule is C=C[C@@H]1C[C@@]12NC(=O)[C@@H]1C[C@@H](OC(=O)N3Cc4cnc(N5CCN(C)CC5)nc4C3)CN1C(=O)[C@@H](NC(=O)OC1CCCC1)CCCCCCCNc1ccc(F)cc1S(=O)(=O)NC2=O. The molecule has 352 valence electrons. The fraction of sp³-hybridized carbons (Fsp3) is 0.614. The van der Waals surface area contributed by atoms with Crippen molar-refractivity contribution in [3.8, 4) is 0 Å². The molecule has 6 aliphatic rings. The highest BCUT2D eigenvalue weighted by Gasteiger charge is 2.61. The van der Waals surface area contributed by atoms with E-state index in [2.05, 4.69) is 49.1 Å². The van der Waals surface area contributed by atoms with Crippen molar-refractivity contribution in [2.75, 3.05) is 56.5 Å². The first-order valence-corrected chi connectivity index (χ1v) is 24.3. The van der Waals surface area contributed by atoms with Gasteiger partial charge in [0, 0.05) is 56.8 Å². The van der Waals surface area contributed by atoms with Crippen LogP contribution in [0, 0.1) is 11.7 Å². The molecular weight excluding hydrogens is 864 g/mol. The molecule has 8 rings (SSSR count).